The van der Waals surface area contributed by atoms with E-state index in [9.17, 15) is 0 Å². The summed E-state index contributed by atoms with van der Waals surface area (Å²) >= 11 is 0. The van der Waals surface area contributed by atoms with Gasteiger partial charge in [-0.3, -0.25) is 0 Å². The van der Waals surface area contributed by atoms with Crippen LogP contribution in [0, 0.1) is 11.3 Å². The van der Waals surface area contributed by atoms with Crippen LogP contribution in [0.15, 0.2) is 18.3 Å². The van der Waals surface area contributed by atoms with Gasteiger partial charge in [0.25, 0.3) is 0 Å². The van der Waals surface area contributed by atoms with Crippen molar-refractivity contribution in [3.05, 3.63) is 29.6 Å². The molecule has 1 aliphatic heterocycles. The third-order valence-corrected chi connectivity index (χ3v) is 2.96. The van der Waals surface area contributed by atoms with Crippen molar-refractivity contribution in [1.29, 1.82) is 5.26 Å². The summed E-state index contributed by atoms with van der Waals surface area (Å²) in [6, 6.07) is 5.89. The number of aromatic nitrogens is 1. The highest BCUT2D eigenvalue weighted by Gasteiger charge is 2.13. The largest absolute Gasteiger partial charge is 0.377 e. The number of nitrogens with zero attached hydrogens (tertiary/aromatic N) is 2. The minimum atomic E-state index is 0.325. The van der Waals surface area contributed by atoms with Gasteiger partial charge < -0.3 is 10.1 Å². The molecular weight excluding hydrogens is 214 g/mol. The molecule has 1 aromatic heterocycles. The van der Waals surface area contributed by atoms with Crippen LogP contribution < -0.4 is 5.32 Å². The van der Waals surface area contributed by atoms with E-state index in [0.29, 0.717) is 18.3 Å². The molecule has 4 nitrogen and oxygen atoms in total. The molecule has 0 aromatic carbocycles. The zero-order valence-corrected chi connectivity index (χ0v) is 9.85. The lowest BCUT2D eigenvalue weighted by molar-refractivity contribution is 0.0168. The van der Waals surface area contributed by atoms with Gasteiger partial charge in [-0.1, -0.05) is 6.07 Å². The van der Waals surface area contributed by atoms with Crippen LogP contribution in [0.4, 0.5) is 0 Å². The van der Waals surface area contributed by atoms with Crippen LogP contribution in [-0.2, 0) is 11.3 Å². The second-order valence-corrected chi connectivity index (χ2v) is 4.24. The molecule has 2 heterocycles. The summed E-state index contributed by atoms with van der Waals surface area (Å²) in [6.45, 7) is 2.40. The molecule has 1 N–H and O–H groups in total. The molecule has 0 aliphatic carbocycles. The van der Waals surface area contributed by atoms with Crippen LogP contribution in [-0.4, -0.2) is 24.2 Å². The van der Waals surface area contributed by atoms with Crippen LogP contribution in [0.1, 0.15) is 30.5 Å². The molecule has 17 heavy (non-hydrogen) atoms. The molecule has 1 aliphatic rings. The van der Waals surface area contributed by atoms with Gasteiger partial charge in [-0.15, -0.1) is 0 Å². The number of hydrogen-bond acceptors (Lipinski definition) is 4. The Morgan fingerprint density at radius 1 is 1.53 bits per heavy atom. The fourth-order valence-corrected chi connectivity index (χ4v) is 2.02. The Kier molecular flexibility index (Phi) is 4.48. The van der Waals surface area contributed by atoms with Crippen molar-refractivity contribution in [2.24, 2.45) is 0 Å². The minimum absolute atomic E-state index is 0.325. The molecule has 1 fully saturated rings. The standard InChI is InChI=1S/C13H17N3O/c14-8-13-11(4-3-6-16-13)9-15-10-12-5-1-2-7-17-12/h3-4,6,12,15H,1-2,5,7,9-10H2. The fourth-order valence-electron chi connectivity index (χ4n) is 2.02. The van der Waals surface area contributed by atoms with E-state index in [1.165, 1.54) is 12.8 Å². The van der Waals surface area contributed by atoms with Gasteiger partial charge in [0.2, 0.25) is 0 Å². The van der Waals surface area contributed by atoms with Gasteiger partial charge >= 0.3 is 0 Å². The predicted octanol–water partition coefficient (Wildman–Crippen LogP) is 1.61. The normalized spacial score (nSPS) is 19.8. The van der Waals surface area contributed by atoms with Gasteiger partial charge in [-0.2, -0.15) is 5.26 Å². The van der Waals surface area contributed by atoms with Gasteiger partial charge in [0.05, 0.1) is 6.10 Å². The third kappa shape index (κ3) is 3.52. The predicted molar refractivity (Wildman–Crippen MR) is 64.2 cm³/mol. The Bertz CT molecular complexity index is 394. The van der Waals surface area contributed by atoms with E-state index in [1.54, 1.807) is 6.20 Å². The van der Waals surface area contributed by atoms with E-state index in [0.717, 1.165) is 25.1 Å². The van der Waals surface area contributed by atoms with Crippen molar-refractivity contribution in [2.75, 3.05) is 13.2 Å². The Labute approximate surface area is 102 Å². The number of nitrogens with one attached hydrogen (secondary N) is 1. The molecular formula is C13H17N3O. The molecule has 0 saturated carbocycles. The van der Waals surface area contributed by atoms with E-state index in [4.69, 9.17) is 10.00 Å². The van der Waals surface area contributed by atoms with Gasteiger partial charge in [0.15, 0.2) is 0 Å². The van der Waals surface area contributed by atoms with Crippen LogP contribution in [0.3, 0.4) is 0 Å². The van der Waals surface area contributed by atoms with Gasteiger partial charge in [0, 0.05) is 31.5 Å². The number of pyridine rings is 1. The van der Waals surface area contributed by atoms with Crippen molar-refractivity contribution in [1.82, 2.24) is 10.3 Å². The Morgan fingerprint density at radius 3 is 3.24 bits per heavy atom. The summed E-state index contributed by atoms with van der Waals surface area (Å²) in [6.07, 6.45) is 5.53. The highest BCUT2D eigenvalue weighted by Crippen LogP contribution is 2.12. The SMILES string of the molecule is N#Cc1ncccc1CNCC1CCCCO1. The first-order chi connectivity index (χ1) is 8.40. The summed E-state index contributed by atoms with van der Waals surface area (Å²) < 4.78 is 5.63. The van der Waals surface area contributed by atoms with E-state index in [2.05, 4.69) is 16.4 Å². The summed E-state index contributed by atoms with van der Waals surface area (Å²) in [7, 11) is 0. The Balaban J connectivity index is 1.79. The molecule has 0 spiro atoms. The van der Waals surface area contributed by atoms with Crippen molar-refractivity contribution < 1.29 is 4.74 Å². The molecule has 1 unspecified atom stereocenters. The van der Waals surface area contributed by atoms with Crippen LogP contribution >= 0.6 is 0 Å². The second kappa shape index (κ2) is 6.33. The average molecular weight is 231 g/mol. The lowest BCUT2D eigenvalue weighted by atomic mass is 10.1. The summed E-state index contributed by atoms with van der Waals surface area (Å²) in [5.41, 5.74) is 1.45. The molecule has 90 valence electrons. The molecule has 0 bridgehead atoms. The topological polar surface area (TPSA) is 57.9 Å². The van der Waals surface area contributed by atoms with Gasteiger partial charge in [-0.05, 0) is 25.3 Å². The average Bonchev–Trinajstić information content (AvgIpc) is 2.40. The number of rotatable bonds is 4. The van der Waals surface area contributed by atoms with Crippen LogP contribution in [0.2, 0.25) is 0 Å². The smallest absolute Gasteiger partial charge is 0.144 e. The second-order valence-electron chi connectivity index (χ2n) is 4.24. The number of nitriles is 1. The molecule has 1 aromatic rings. The highest BCUT2D eigenvalue weighted by molar-refractivity contribution is 5.30. The quantitative estimate of drug-likeness (QED) is 0.855. The van der Waals surface area contributed by atoms with E-state index >= 15 is 0 Å². The van der Waals surface area contributed by atoms with Crippen LogP contribution in [0.25, 0.3) is 0 Å². The maximum absolute atomic E-state index is 8.90. The zero-order chi connectivity index (χ0) is 11.9. The number of ether oxygens (including phenoxy) is 1. The third-order valence-electron chi connectivity index (χ3n) is 2.96. The maximum Gasteiger partial charge on any atom is 0.144 e. The van der Waals surface area contributed by atoms with Crippen molar-refractivity contribution in [3.8, 4) is 6.07 Å². The molecule has 0 amide bonds. The maximum atomic E-state index is 8.90. The lowest BCUT2D eigenvalue weighted by Gasteiger charge is -2.22. The number of hydrogen-bond donors (Lipinski definition) is 1. The molecule has 1 atom stereocenters. The first-order valence-corrected chi connectivity index (χ1v) is 6.06. The molecule has 1 saturated heterocycles. The first kappa shape index (κ1) is 12.0. The zero-order valence-electron chi connectivity index (χ0n) is 9.85. The molecule has 4 heteroatoms. The fraction of sp³-hybridized carbons (Fsp3) is 0.538. The first-order valence-electron chi connectivity index (χ1n) is 6.06. The molecule has 2 rings (SSSR count). The summed E-state index contributed by atoms with van der Waals surface area (Å²) in [5.74, 6) is 0. The summed E-state index contributed by atoms with van der Waals surface area (Å²) in [5, 5.41) is 12.2. The molecule has 0 radical (unpaired) electrons. The van der Waals surface area contributed by atoms with Crippen molar-refractivity contribution in [3.63, 3.8) is 0 Å². The van der Waals surface area contributed by atoms with Gasteiger partial charge in [0.1, 0.15) is 11.8 Å². The van der Waals surface area contributed by atoms with E-state index in [-0.39, 0.29) is 0 Å². The summed E-state index contributed by atoms with van der Waals surface area (Å²) in [4.78, 5) is 4.03. The lowest BCUT2D eigenvalue weighted by Crippen LogP contribution is -2.31. The Morgan fingerprint density at radius 2 is 2.47 bits per heavy atom. The highest BCUT2D eigenvalue weighted by atomic mass is 16.5. The van der Waals surface area contributed by atoms with Crippen molar-refractivity contribution in [2.45, 2.75) is 31.9 Å². The van der Waals surface area contributed by atoms with Crippen LogP contribution in [0.5, 0.6) is 0 Å². The van der Waals surface area contributed by atoms with Crippen molar-refractivity contribution >= 4 is 0 Å². The Hall–Kier alpha value is -1.44. The van der Waals surface area contributed by atoms with Gasteiger partial charge in [-0.25, -0.2) is 4.98 Å². The minimum Gasteiger partial charge on any atom is -0.377 e. The van der Waals surface area contributed by atoms with E-state index in [1.807, 2.05) is 12.1 Å². The van der Waals surface area contributed by atoms with E-state index < -0.39 is 0 Å². The monoisotopic (exact) mass is 231 g/mol.